The van der Waals surface area contributed by atoms with Crippen molar-refractivity contribution in [2.24, 2.45) is 0 Å². The SMILES string of the molecule is COC(=O)c1csc(N2CCC(F)(F)CC2)n1. The number of methoxy groups -OCH3 is 1. The highest BCUT2D eigenvalue weighted by molar-refractivity contribution is 7.13. The Balaban J connectivity index is 2.04. The average molecular weight is 262 g/mol. The lowest BCUT2D eigenvalue weighted by Gasteiger charge is -2.31. The zero-order chi connectivity index (χ0) is 12.5. The van der Waals surface area contributed by atoms with Crippen LogP contribution in [-0.2, 0) is 4.74 Å². The first-order valence-corrected chi connectivity index (χ1v) is 6.06. The molecule has 0 spiro atoms. The van der Waals surface area contributed by atoms with E-state index in [1.807, 2.05) is 0 Å². The van der Waals surface area contributed by atoms with Crippen LogP contribution in [0.1, 0.15) is 23.3 Å². The molecule has 4 nitrogen and oxygen atoms in total. The van der Waals surface area contributed by atoms with E-state index in [0.717, 1.165) is 0 Å². The molecular formula is C10H12F2N2O2S. The normalized spacial score (nSPS) is 19.1. The van der Waals surface area contributed by atoms with Crippen molar-refractivity contribution in [3.63, 3.8) is 0 Å². The summed E-state index contributed by atoms with van der Waals surface area (Å²) in [6.07, 6.45) is -0.333. The fourth-order valence-corrected chi connectivity index (χ4v) is 2.48. The highest BCUT2D eigenvalue weighted by Gasteiger charge is 2.34. The van der Waals surface area contributed by atoms with Crippen molar-refractivity contribution in [1.29, 1.82) is 0 Å². The molecule has 0 bridgehead atoms. The van der Waals surface area contributed by atoms with Gasteiger partial charge in [0.25, 0.3) is 5.92 Å². The molecule has 2 rings (SSSR count). The maximum atomic E-state index is 13.0. The lowest BCUT2D eigenvalue weighted by atomic mass is 10.1. The number of ether oxygens (including phenoxy) is 1. The smallest absolute Gasteiger partial charge is 0.357 e. The maximum Gasteiger partial charge on any atom is 0.357 e. The van der Waals surface area contributed by atoms with Crippen LogP contribution in [0.25, 0.3) is 0 Å². The summed E-state index contributed by atoms with van der Waals surface area (Å²) in [5, 5.41) is 2.18. The van der Waals surface area contributed by atoms with Crippen molar-refractivity contribution in [3.05, 3.63) is 11.1 Å². The van der Waals surface area contributed by atoms with Crippen LogP contribution in [0.4, 0.5) is 13.9 Å². The molecule has 1 fully saturated rings. The van der Waals surface area contributed by atoms with Gasteiger partial charge in [0.15, 0.2) is 10.8 Å². The summed E-state index contributed by atoms with van der Waals surface area (Å²) in [4.78, 5) is 17.0. The molecule has 1 saturated heterocycles. The van der Waals surface area contributed by atoms with Crippen LogP contribution < -0.4 is 4.90 Å². The lowest BCUT2D eigenvalue weighted by molar-refractivity contribution is -0.0220. The summed E-state index contributed by atoms with van der Waals surface area (Å²) in [5.41, 5.74) is 0.227. The monoisotopic (exact) mass is 262 g/mol. The molecule has 1 aromatic rings. The number of halogens is 2. The minimum atomic E-state index is -2.57. The first-order valence-electron chi connectivity index (χ1n) is 5.18. The number of carbonyl (C=O) groups excluding carboxylic acids is 1. The molecule has 1 aliphatic rings. The Hall–Kier alpha value is -1.24. The number of anilines is 1. The topological polar surface area (TPSA) is 42.4 Å². The quantitative estimate of drug-likeness (QED) is 0.766. The van der Waals surface area contributed by atoms with E-state index < -0.39 is 11.9 Å². The van der Waals surface area contributed by atoms with E-state index in [1.165, 1.54) is 18.4 Å². The molecule has 1 aliphatic heterocycles. The first-order chi connectivity index (χ1) is 8.02. The Morgan fingerprint density at radius 1 is 1.53 bits per heavy atom. The number of nitrogens with zero attached hydrogens (tertiary/aromatic N) is 2. The minimum absolute atomic E-state index is 0.167. The van der Waals surface area contributed by atoms with Crippen molar-refractivity contribution in [2.45, 2.75) is 18.8 Å². The van der Waals surface area contributed by atoms with E-state index in [-0.39, 0.29) is 31.6 Å². The Kier molecular flexibility index (Phi) is 3.28. The van der Waals surface area contributed by atoms with Crippen LogP contribution in [0, 0.1) is 0 Å². The molecule has 17 heavy (non-hydrogen) atoms. The van der Waals surface area contributed by atoms with Crippen LogP contribution in [0.2, 0.25) is 0 Å². The molecule has 0 unspecified atom stereocenters. The number of rotatable bonds is 2. The van der Waals surface area contributed by atoms with Crippen LogP contribution in [0.15, 0.2) is 5.38 Å². The average Bonchev–Trinajstić information content (AvgIpc) is 2.77. The van der Waals surface area contributed by atoms with Gasteiger partial charge in [0.05, 0.1) is 7.11 Å². The highest BCUT2D eigenvalue weighted by atomic mass is 32.1. The van der Waals surface area contributed by atoms with E-state index >= 15 is 0 Å². The summed E-state index contributed by atoms with van der Waals surface area (Å²) >= 11 is 1.27. The fraction of sp³-hybridized carbons (Fsp3) is 0.600. The predicted octanol–water partition coefficient (Wildman–Crippen LogP) is 2.17. The summed E-state index contributed by atoms with van der Waals surface area (Å²) in [6.45, 7) is 0.530. The third-order valence-corrected chi connectivity index (χ3v) is 3.55. The molecule has 0 aromatic carbocycles. The standard InChI is InChI=1S/C10H12F2N2O2S/c1-16-8(15)7-6-17-9(13-7)14-4-2-10(11,12)3-5-14/h6H,2-5H2,1H3. The fourth-order valence-electron chi connectivity index (χ4n) is 1.63. The summed E-state index contributed by atoms with van der Waals surface area (Å²) in [6, 6.07) is 0. The zero-order valence-electron chi connectivity index (χ0n) is 9.28. The van der Waals surface area contributed by atoms with Crippen molar-refractivity contribution < 1.29 is 18.3 Å². The van der Waals surface area contributed by atoms with E-state index in [1.54, 1.807) is 10.3 Å². The number of hydrogen-bond acceptors (Lipinski definition) is 5. The van der Waals surface area contributed by atoms with Crippen LogP contribution in [0.3, 0.4) is 0 Å². The molecule has 0 N–H and O–H groups in total. The number of carbonyl (C=O) groups is 1. The Labute approximate surface area is 101 Å². The number of hydrogen-bond donors (Lipinski definition) is 0. The second kappa shape index (κ2) is 4.56. The number of piperidine rings is 1. The van der Waals surface area contributed by atoms with Gasteiger partial charge in [-0.2, -0.15) is 0 Å². The first kappa shape index (κ1) is 12.2. The van der Waals surface area contributed by atoms with E-state index in [0.29, 0.717) is 5.13 Å². The van der Waals surface area contributed by atoms with Gasteiger partial charge in [-0.05, 0) is 0 Å². The summed E-state index contributed by atoms with van der Waals surface area (Å²) in [7, 11) is 1.28. The molecule has 0 radical (unpaired) electrons. The van der Waals surface area contributed by atoms with Crippen molar-refractivity contribution in [2.75, 3.05) is 25.1 Å². The van der Waals surface area contributed by atoms with E-state index in [9.17, 15) is 13.6 Å². The molecule has 0 aliphatic carbocycles. The number of esters is 1. The van der Waals surface area contributed by atoms with Crippen molar-refractivity contribution >= 4 is 22.4 Å². The van der Waals surface area contributed by atoms with Gasteiger partial charge in [-0.3, -0.25) is 0 Å². The van der Waals surface area contributed by atoms with Gasteiger partial charge in [-0.1, -0.05) is 0 Å². The number of aromatic nitrogens is 1. The zero-order valence-corrected chi connectivity index (χ0v) is 10.1. The maximum absolute atomic E-state index is 13.0. The predicted molar refractivity (Wildman–Crippen MR) is 59.8 cm³/mol. The van der Waals surface area contributed by atoms with Gasteiger partial charge in [0, 0.05) is 31.3 Å². The molecular weight excluding hydrogens is 250 g/mol. The Morgan fingerprint density at radius 2 is 2.18 bits per heavy atom. The third kappa shape index (κ3) is 2.71. The van der Waals surface area contributed by atoms with Crippen molar-refractivity contribution in [3.8, 4) is 0 Å². The van der Waals surface area contributed by atoms with Crippen LogP contribution in [-0.4, -0.2) is 37.1 Å². The van der Waals surface area contributed by atoms with Gasteiger partial charge in [0.2, 0.25) is 0 Å². The van der Waals surface area contributed by atoms with E-state index in [4.69, 9.17) is 0 Å². The molecule has 0 amide bonds. The minimum Gasteiger partial charge on any atom is -0.464 e. The Morgan fingerprint density at radius 3 is 2.76 bits per heavy atom. The second-order valence-electron chi connectivity index (χ2n) is 3.85. The Bertz CT molecular complexity index is 412. The van der Waals surface area contributed by atoms with Crippen LogP contribution in [0.5, 0.6) is 0 Å². The van der Waals surface area contributed by atoms with Gasteiger partial charge in [-0.25, -0.2) is 18.6 Å². The van der Waals surface area contributed by atoms with Gasteiger partial charge in [-0.15, -0.1) is 11.3 Å². The number of alkyl halides is 2. The van der Waals surface area contributed by atoms with Crippen LogP contribution >= 0.6 is 11.3 Å². The molecule has 7 heteroatoms. The molecule has 0 atom stereocenters. The van der Waals surface area contributed by atoms with E-state index in [2.05, 4.69) is 9.72 Å². The second-order valence-corrected chi connectivity index (χ2v) is 4.69. The number of thiazole rings is 1. The van der Waals surface area contributed by atoms with Gasteiger partial charge >= 0.3 is 5.97 Å². The lowest BCUT2D eigenvalue weighted by Crippen LogP contribution is -2.39. The highest BCUT2D eigenvalue weighted by Crippen LogP contribution is 2.31. The molecule has 94 valence electrons. The van der Waals surface area contributed by atoms with Gasteiger partial charge < -0.3 is 9.64 Å². The molecule has 2 heterocycles. The largest absolute Gasteiger partial charge is 0.464 e. The van der Waals surface area contributed by atoms with Gasteiger partial charge in [0.1, 0.15) is 0 Å². The molecule has 0 saturated carbocycles. The summed E-state index contributed by atoms with van der Waals surface area (Å²) in [5.74, 6) is -3.08. The molecule has 1 aromatic heterocycles. The summed E-state index contributed by atoms with van der Waals surface area (Å²) < 4.78 is 30.5. The van der Waals surface area contributed by atoms with Crippen molar-refractivity contribution in [1.82, 2.24) is 4.98 Å². The third-order valence-electron chi connectivity index (χ3n) is 2.65.